The van der Waals surface area contributed by atoms with Crippen molar-refractivity contribution in [2.45, 2.75) is 52.1 Å². The number of nitrogens with one attached hydrogen (secondary N) is 1. The van der Waals surface area contributed by atoms with E-state index in [9.17, 15) is 9.59 Å². The number of hydrogen-bond acceptors (Lipinski definition) is 3. The van der Waals surface area contributed by atoms with Crippen LogP contribution in [0.5, 0.6) is 5.75 Å². The van der Waals surface area contributed by atoms with Gasteiger partial charge in [-0.05, 0) is 75.1 Å². The predicted molar refractivity (Wildman–Crippen MR) is 115 cm³/mol. The van der Waals surface area contributed by atoms with Crippen LogP contribution in [0.25, 0.3) is 0 Å². The van der Waals surface area contributed by atoms with E-state index in [1.165, 1.54) is 5.56 Å². The molecule has 29 heavy (non-hydrogen) atoms. The molecule has 1 fully saturated rings. The zero-order chi connectivity index (χ0) is 20.4. The van der Waals surface area contributed by atoms with Crippen LogP contribution in [0.2, 0.25) is 0 Å². The molecule has 1 aliphatic carbocycles. The van der Waals surface area contributed by atoms with E-state index in [1.54, 1.807) is 24.3 Å². The Balaban J connectivity index is 1.47. The number of amides is 2. The minimum absolute atomic E-state index is 0.0935. The Kier molecular flexibility index (Phi) is 5.56. The van der Waals surface area contributed by atoms with Gasteiger partial charge < -0.3 is 15.0 Å². The number of carbonyl (C=O) groups is 2. The molecule has 2 aromatic rings. The largest absolute Gasteiger partial charge is 0.491 e. The summed E-state index contributed by atoms with van der Waals surface area (Å²) in [7, 11) is 0. The third-order valence-corrected chi connectivity index (χ3v) is 5.70. The van der Waals surface area contributed by atoms with Gasteiger partial charge >= 0.3 is 0 Å². The van der Waals surface area contributed by atoms with Gasteiger partial charge in [-0.2, -0.15) is 0 Å². The Morgan fingerprint density at radius 3 is 2.48 bits per heavy atom. The highest BCUT2D eigenvalue weighted by molar-refractivity contribution is 6.05. The van der Waals surface area contributed by atoms with Gasteiger partial charge in [0.25, 0.3) is 5.91 Å². The van der Waals surface area contributed by atoms with E-state index in [2.05, 4.69) is 5.32 Å². The lowest BCUT2D eigenvalue weighted by Crippen LogP contribution is -2.33. The highest BCUT2D eigenvalue weighted by Gasteiger charge is 2.32. The number of nitrogens with zero attached hydrogens (tertiary/aromatic N) is 1. The monoisotopic (exact) mass is 392 g/mol. The molecule has 0 bridgehead atoms. The zero-order valence-electron chi connectivity index (χ0n) is 17.1. The molecule has 1 heterocycles. The summed E-state index contributed by atoms with van der Waals surface area (Å²) in [6.07, 6.45) is 5.26. The van der Waals surface area contributed by atoms with Gasteiger partial charge in [0.1, 0.15) is 5.75 Å². The summed E-state index contributed by atoms with van der Waals surface area (Å²) in [5.74, 6) is 0.971. The van der Waals surface area contributed by atoms with Crippen LogP contribution in [0.3, 0.4) is 0 Å². The maximum absolute atomic E-state index is 12.9. The second-order valence-electron chi connectivity index (χ2n) is 8.21. The van der Waals surface area contributed by atoms with Crippen molar-refractivity contribution in [1.82, 2.24) is 0 Å². The van der Waals surface area contributed by atoms with Crippen molar-refractivity contribution in [3.05, 3.63) is 53.6 Å². The van der Waals surface area contributed by atoms with E-state index < -0.39 is 0 Å². The van der Waals surface area contributed by atoms with Crippen LogP contribution in [0, 0.1) is 5.92 Å². The minimum Gasteiger partial charge on any atom is -0.491 e. The highest BCUT2D eigenvalue weighted by atomic mass is 16.5. The molecular weight excluding hydrogens is 364 g/mol. The molecule has 0 saturated heterocycles. The Hall–Kier alpha value is -2.82. The van der Waals surface area contributed by atoms with Crippen molar-refractivity contribution in [3.8, 4) is 5.75 Å². The molecule has 2 aliphatic rings. The molecule has 0 atom stereocenters. The van der Waals surface area contributed by atoms with Crippen molar-refractivity contribution in [2.75, 3.05) is 16.8 Å². The maximum atomic E-state index is 12.9. The summed E-state index contributed by atoms with van der Waals surface area (Å²) in [6.45, 7) is 4.67. The summed E-state index contributed by atoms with van der Waals surface area (Å²) < 4.78 is 5.62. The van der Waals surface area contributed by atoms with Gasteiger partial charge in [-0.3, -0.25) is 9.59 Å². The molecule has 0 radical (unpaired) electrons. The molecule has 0 spiro atoms. The zero-order valence-corrected chi connectivity index (χ0v) is 17.1. The average molecular weight is 392 g/mol. The van der Waals surface area contributed by atoms with E-state index in [4.69, 9.17) is 4.74 Å². The summed E-state index contributed by atoms with van der Waals surface area (Å²) >= 11 is 0. The molecule has 4 rings (SSSR count). The normalized spacial score (nSPS) is 16.2. The topological polar surface area (TPSA) is 58.6 Å². The van der Waals surface area contributed by atoms with Crippen LogP contribution in [0.15, 0.2) is 42.5 Å². The van der Waals surface area contributed by atoms with E-state index in [-0.39, 0.29) is 23.8 Å². The Morgan fingerprint density at radius 2 is 1.79 bits per heavy atom. The lowest BCUT2D eigenvalue weighted by Gasteiger charge is -2.21. The summed E-state index contributed by atoms with van der Waals surface area (Å²) in [6, 6.07) is 13.0. The maximum Gasteiger partial charge on any atom is 0.255 e. The average Bonchev–Trinajstić information content (AvgIpc) is 3.37. The molecular formula is C24H28N2O3. The molecule has 1 saturated carbocycles. The van der Waals surface area contributed by atoms with Crippen molar-refractivity contribution >= 4 is 23.2 Å². The first-order chi connectivity index (χ1) is 14.0. The molecule has 0 aromatic heterocycles. The van der Waals surface area contributed by atoms with Crippen LogP contribution in [-0.2, 0) is 11.2 Å². The first kappa shape index (κ1) is 19.5. The van der Waals surface area contributed by atoms with Gasteiger partial charge in [-0.1, -0.05) is 18.9 Å². The lowest BCUT2D eigenvalue weighted by molar-refractivity contribution is -0.122. The van der Waals surface area contributed by atoms with Gasteiger partial charge in [0.15, 0.2) is 0 Å². The smallest absolute Gasteiger partial charge is 0.255 e. The number of carbonyl (C=O) groups excluding carboxylic acids is 2. The van der Waals surface area contributed by atoms with E-state index >= 15 is 0 Å². The molecule has 1 N–H and O–H groups in total. The third-order valence-electron chi connectivity index (χ3n) is 5.70. The number of hydrogen-bond donors (Lipinski definition) is 1. The van der Waals surface area contributed by atoms with E-state index in [0.29, 0.717) is 11.3 Å². The minimum atomic E-state index is -0.173. The van der Waals surface area contributed by atoms with Crippen molar-refractivity contribution in [3.63, 3.8) is 0 Å². The van der Waals surface area contributed by atoms with Crippen LogP contribution < -0.4 is 15.0 Å². The molecule has 5 heteroatoms. The van der Waals surface area contributed by atoms with E-state index in [1.807, 2.05) is 36.9 Å². The lowest BCUT2D eigenvalue weighted by atomic mass is 10.1. The Labute approximate surface area is 172 Å². The number of fused-ring (bicyclic) bond motifs is 1. The SMILES string of the molecule is CC(C)Oc1ccc(C(=O)Nc2ccc3c(c2)N(C(=O)C2CCCC2)CC3)cc1. The molecule has 2 aromatic carbocycles. The predicted octanol–water partition coefficient (Wildman–Crippen LogP) is 4.81. The van der Waals surface area contributed by atoms with Crippen molar-refractivity contribution < 1.29 is 14.3 Å². The van der Waals surface area contributed by atoms with Gasteiger partial charge in [0.2, 0.25) is 5.91 Å². The number of ether oxygens (including phenoxy) is 1. The number of benzene rings is 2. The Morgan fingerprint density at radius 1 is 1.07 bits per heavy atom. The molecule has 0 unspecified atom stereocenters. The fraction of sp³-hybridized carbons (Fsp3) is 0.417. The van der Waals surface area contributed by atoms with Gasteiger partial charge in [0.05, 0.1) is 6.10 Å². The molecule has 5 nitrogen and oxygen atoms in total. The van der Waals surface area contributed by atoms with Crippen LogP contribution in [0.1, 0.15) is 55.5 Å². The second-order valence-corrected chi connectivity index (χ2v) is 8.21. The quantitative estimate of drug-likeness (QED) is 0.795. The third kappa shape index (κ3) is 4.29. The molecule has 1 aliphatic heterocycles. The molecule has 2 amide bonds. The summed E-state index contributed by atoms with van der Waals surface area (Å²) in [5.41, 5.74) is 3.40. The van der Waals surface area contributed by atoms with E-state index in [0.717, 1.165) is 50.1 Å². The Bertz CT molecular complexity index is 899. The second kappa shape index (κ2) is 8.27. The van der Waals surface area contributed by atoms with Crippen LogP contribution in [-0.4, -0.2) is 24.5 Å². The first-order valence-electron chi connectivity index (χ1n) is 10.5. The fourth-order valence-corrected chi connectivity index (χ4v) is 4.24. The number of anilines is 2. The van der Waals surface area contributed by atoms with Gasteiger partial charge in [0, 0.05) is 29.4 Å². The van der Waals surface area contributed by atoms with Crippen molar-refractivity contribution in [1.29, 1.82) is 0 Å². The van der Waals surface area contributed by atoms with Crippen LogP contribution in [0.4, 0.5) is 11.4 Å². The van der Waals surface area contributed by atoms with Gasteiger partial charge in [-0.15, -0.1) is 0 Å². The number of rotatable bonds is 5. The fourth-order valence-electron chi connectivity index (χ4n) is 4.24. The van der Waals surface area contributed by atoms with Crippen LogP contribution >= 0.6 is 0 Å². The van der Waals surface area contributed by atoms with Gasteiger partial charge in [-0.25, -0.2) is 0 Å². The standard InChI is InChI=1S/C24H28N2O3/c1-16(2)29-21-11-8-18(9-12-21)23(27)25-20-10-7-17-13-14-26(22(17)15-20)24(28)19-5-3-4-6-19/h7-12,15-16,19H,3-6,13-14H2,1-2H3,(H,25,27). The molecule has 152 valence electrons. The summed E-state index contributed by atoms with van der Waals surface area (Å²) in [5, 5.41) is 2.96. The highest BCUT2D eigenvalue weighted by Crippen LogP contribution is 2.35. The first-order valence-corrected chi connectivity index (χ1v) is 10.5. The summed E-state index contributed by atoms with van der Waals surface area (Å²) in [4.78, 5) is 27.5. The van der Waals surface area contributed by atoms with Crippen molar-refractivity contribution in [2.24, 2.45) is 5.92 Å².